The Labute approximate surface area is 80.4 Å². The smallest absolute Gasteiger partial charge is 0.159 e. The third-order valence-electron chi connectivity index (χ3n) is 2.13. The van der Waals surface area contributed by atoms with Gasteiger partial charge in [-0.25, -0.2) is 0 Å². The summed E-state index contributed by atoms with van der Waals surface area (Å²) in [4.78, 5) is 0. The molecule has 0 aromatic heterocycles. The van der Waals surface area contributed by atoms with Gasteiger partial charge < -0.3 is 14.9 Å². The molecule has 0 spiro atoms. The Kier molecular flexibility index (Phi) is 3.45. The van der Waals surface area contributed by atoms with Gasteiger partial charge in [-0.3, -0.25) is 4.21 Å². The average Bonchev–Trinajstić information content (AvgIpc) is 2.07. The van der Waals surface area contributed by atoms with Crippen LogP contribution in [0.4, 0.5) is 0 Å². The van der Waals surface area contributed by atoms with E-state index in [1.54, 1.807) is 6.92 Å². The second-order valence-corrected chi connectivity index (χ2v) is 5.27. The molecule has 1 aliphatic heterocycles. The van der Waals surface area contributed by atoms with Crippen molar-refractivity contribution < 1.29 is 19.2 Å². The van der Waals surface area contributed by atoms with Gasteiger partial charge in [0.25, 0.3) is 0 Å². The van der Waals surface area contributed by atoms with Gasteiger partial charge >= 0.3 is 0 Å². The molecule has 2 N–H and O–H groups in total. The van der Waals surface area contributed by atoms with Gasteiger partial charge in [-0.15, -0.1) is 0 Å². The van der Waals surface area contributed by atoms with Crippen molar-refractivity contribution in [2.24, 2.45) is 5.92 Å². The van der Waals surface area contributed by atoms with Crippen LogP contribution in [-0.4, -0.2) is 37.5 Å². The monoisotopic (exact) mass is 208 g/mol. The highest BCUT2D eigenvalue weighted by atomic mass is 32.2. The molecule has 5 atom stereocenters. The third-order valence-corrected chi connectivity index (χ3v) is 4.00. The number of hydrogen-bond acceptors (Lipinski definition) is 4. The SMILES string of the molecule is CC1O[C@@H](C(C)C)S(=O)C(O)[C@@H]1O. The van der Waals surface area contributed by atoms with Crippen LogP contribution in [0.5, 0.6) is 0 Å². The second kappa shape index (κ2) is 4.04. The van der Waals surface area contributed by atoms with E-state index in [9.17, 15) is 14.4 Å². The van der Waals surface area contributed by atoms with Gasteiger partial charge in [0.1, 0.15) is 11.5 Å². The third kappa shape index (κ3) is 2.10. The zero-order valence-corrected chi connectivity index (χ0v) is 8.82. The highest BCUT2D eigenvalue weighted by molar-refractivity contribution is 7.86. The minimum atomic E-state index is -1.52. The fourth-order valence-electron chi connectivity index (χ4n) is 1.28. The number of rotatable bonds is 1. The first kappa shape index (κ1) is 11.1. The van der Waals surface area contributed by atoms with Gasteiger partial charge in [-0.05, 0) is 12.8 Å². The molecule has 3 unspecified atom stereocenters. The molecule has 0 radical (unpaired) electrons. The topological polar surface area (TPSA) is 66.8 Å². The average molecular weight is 208 g/mol. The predicted molar refractivity (Wildman–Crippen MR) is 49.3 cm³/mol. The quantitative estimate of drug-likeness (QED) is 0.627. The molecule has 0 bridgehead atoms. The van der Waals surface area contributed by atoms with Crippen molar-refractivity contribution in [1.82, 2.24) is 0 Å². The molecule has 1 heterocycles. The lowest BCUT2D eigenvalue weighted by Gasteiger charge is -2.36. The zero-order chi connectivity index (χ0) is 10.2. The van der Waals surface area contributed by atoms with E-state index in [2.05, 4.69) is 0 Å². The Balaban J connectivity index is 2.76. The summed E-state index contributed by atoms with van der Waals surface area (Å²) in [5.74, 6) is 0.0745. The van der Waals surface area contributed by atoms with Gasteiger partial charge in [-0.2, -0.15) is 0 Å². The Morgan fingerprint density at radius 3 is 2.38 bits per heavy atom. The molecule has 0 aromatic rings. The maximum absolute atomic E-state index is 11.5. The molecule has 0 aliphatic carbocycles. The molecule has 13 heavy (non-hydrogen) atoms. The molecule has 0 aromatic carbocycles. The van der Waals surface area contributed by atoms with Gasteiger partial charge in [0.2, 0.25) is 0 Å². The molecule has 5 heteroatoms. The lowest BCUT2D eigenvalue weighted by atomic mass is 10.2. The van der Waals surface area contributed by atoms with E-state index >= 15 is 0 Å². The van der Waals surface area contributed by atoms with E-state index < -0.39 is 33.9 Å². The van der Waals surface area contributed by atoms with Crippen LogP contribution < -0.4 is 0 Å². The van der Waals surface area contributed by atoms with E-state index in [4.69, 9.17) is 4.74 Å². The summed E-state index contributed by atoms with van der Waals surface area (Å²) in [6.07, 6.45) is -1.50. The number of hydrogen-bond donors (Lipinski definition) is 2. The Morgan fingerprint density at radius 1 is 1.38 bits per heavy atom. The fraction of sp³-hybridized carbons (Fsp3) is 1.00. The summed E-state index contributed by atoms with van der Waals surface area (Å²) < 4.78 is 16.8. The van der Waals surface area contributed by atoms with Gasteiger partial charge in [0, 0.05) is 0 Å². The van der Waals surface area contributed by atoms with Crippen molar-refractivity contribution in [2.45, 2.75) is 43.9 Å². The first-order valence-corrected chi connectivity index (χ1v) is 5.63. The maximum atomic E-state index is 11.5. The Morgan fingerprint density at radius 2 is 1.92 bits per heavy atom. The predicted octanol–water partition coefficient (Wildman–Crippen LogP) is -0.185. The Bertz CT molecular complexity index is 206. The van der Waals surface area contributed by atoms with Crippen LogP contribution in [-0.2, 0) is 15.5 Å². The normalized spacial score (nSPS) is 46.8. The van der Waals surface area contributed by atoms with Crippen LogP contribution in [0.25, 0.3) is 0 Å². The minimum absolute atomic E-state index is 0.0745. The molecular formula is C8H16O4S. The summed E-state index contributed by atoms with van der Waals surface area (Å²) in [7, 11) is -1.52. The molecule has 78 valence electrons. The van der Waals surface area contributed by atoms with Crippen LogP contribution in [0.2, 0.25) is 0 Å². The van der Waals surface area contributed by atoms with Gasteiger partial charge in [-0.1, -0.05) is 13.8 Å². The van der Waals surface area contributed by atoms with Crippen LogP contribution in [0, 0.1) is 5.92 Å². The molecule has 0 amide bonds. The summed E-state index contributed by atoms with van der Waals surface area (Å²) in [5, 5.41) is 18.8. The van der Waals surface area contributed by atoms with Crippen molar-refractivity contribution in [3.05, 3.63) is 0 Å². The summed E-state index contributed by atoms with van der Waals surface area (Å²) >= 11 is 0. The van der Waals surface area contributed by atoms with Crippen LogP contribution in [0.1, 0.15) is 20.8 Å². The van der Waals surface area contributed by atoms with Crippen molar-refractivity contribution >= 4 is 10.8 Å². The summed E-state index contributed by atoms with van der Waals surface area (Å²) in [5.41, 5.74) is -1.66. The largest absolute Gasteiger partial charge is 0.387 e. The summed E-state index contributed by atoms with van der Waals surface area (Å²) in [6, 6.07) is 0. The van der Waals surface area contributed by atoms with E-state index in [1.807, 2.05) is 13.8 Å². The van der Waals surface area contributed by atoms with Crippen molar-refractivity contribution in [3.63, 3.8) is 0 Å². The Hall–Kier alpha value is 0.0300. The lowest BCUT2D eigenvalue weighted by molar-refractivity contribution is -0.0944. The van der Waals surface area contributed by atoms with Crippen molar-refractivity contribution in [2.75, 3.05) is 0 Å². The van der Waals surface area contributed by atoms with Gasteiger partial charge in [0.15, 0.2) is 5.44 Å². The fourth-order valence-corrected chi connectivity index (χ4v) is 2.87. The van der Waals surface area contributed by atoms with Crippen LogP contribution >= 0.6 is 0 Å². The number of ether oxygens (including phenoxy) is 1. The van der Waals surface area contributed by atoms with Crippen molar-refractivity contribution in [1.29, 1.82) is 0 Å². The standard InChI is InChI=1S/C8H16O4S/c1-4(2)8-12-5(3)6(9)7(10)13(8)11/h4-10H,1-3H3/t5?,6-,7?,8-,13?/m1/s1. The van der Waals surface area contributed by atoms with Crippen LogP contribution in [0.3, 0.4) is 0 Å². The molecular weight excluding hydrogens is 192 g/mol. The molecule has 0 saturated carbocycles. The molecule has 1 rings (SSSR count). The zero-order valence-electron chi connectivity index (χ0n) is 8.01. The van der Waals surface area contributed by atoms with E-state index in [0.29, 0.717) is 0 Å². The van der Waals surface area contributed by atoms with Crippen LogP contribution in [0.15, 0.2) is 0 Å². The molecule has 4 nitrogen and oxygen atoms in total. The first-order chi connectivity index (χ1) is 5.95. The lowest BCUT2D eigenvalue weighted by Crippen LogP contribution is -2.51. The second-order valence-electron chi connectivity index (χ2n) is 3.66. The van der Waals surface area contributed by atoms with Crippen molar-refractivity contribution in [3.8, 4) is 0 Å². The molecule has 1 aliphatic rings. The molecule has 1 saturated heterocycles. The highest BCUT2D eigenvalue weighted by Gasteiger charge is 2.41. The van der Waals surface area contributed by atoms with E-state index in [1.165, 1.54) is 0 Å². The maximum Gasteiger partial charge on any atom is 0.159 e. The summed E-state index contributed by atoms with van der Waals surface area (Å²) in [6.45, 7) is 5.42. The highest BCUT2D eigenvalue weighted by Crippen LogP contribution is 2.25. The van der Waals surface area contributed by atoms with Gasteiger partial charge in [0.05, 0.1) is 16.9 Å². The first-order valence-electron chi connectivity index (χ1n) is 4.36. The number of aliphatic hydroxyl groups excluding tert-OH is 2. The number of aliphatic hydroxyl groups is 2. The molecule has 1 fully saturated rings. The van der Waals surface area contributed by atoms with E-state index in [0.717, 1.165) is 0 Å². The van der Waals surface area contributed by atoms with E-state index in [-0.39, 0.29) is 5.92 Å². The minimum Gasteiger partial charge on any atom is -0.387 e.